The Morgan fingerprint density at radius 3 is 2.67 bits per heavy atom. The Balaban J connectivity index is 2.08. The first-order valence-corrected chi connectivity index (χ1v) is 6.20. The van der Waals surface area contributed by atoms with Gasteiger partial charge in [-0.05, 0) is 29.8 Å². The standard InChI is InChI=1S/C16H10FN3O/c17-14-6-5-10(7-11(14)9-18)8-15-12-3-1-2-4-13(12)16(20-19)21-15/h1-8H,19H2/b15-8?,20-16+. The van der Waals surface area contributed by atoms with Crippen LogP contribution in [0.3, 0.4) is 0 Å². The number of nitrogens with two attached hydrogens (primary N) is 1. The molecule has 5 heteroatoms. The van der Waals surface area contributed by atoms with Gasteiger partial charge in [-0.2, -0.15) is 5.26 Å². The summed E-state index contributed by atoms with van der Waals surface area (Å²) in [4.78, 5) is 0. The number of hydrogen-bond acceptors (Lipinski definition) is 4. The third kappa shape index (κ3) is 2.23. The van der Waals surface area contributed by atoms with Gasteiger partial charge in [0.15, 0.2) is 0 Å². The van der Waals surface area contributed by atoms with Gasteiger partial charge in [-0.25, -0.2) is 4.39 Å². The zero-order chi connectivity index (χ0) is 14.8. The van der Waals surface area contributed by atoms with Crippen LogP contribution in [0.25, 0.3) is 11.8 Å². The second-order valence-electron chi connectivity index (χ2n) is 4.44. The minimum Gasteiger partial charge on any atom is -0.436 e. The molecule has 0 amide bonds. The summed E-state index contributed by atoms with van der Waals surface area (Å²) in [5, 5.41) is 12.5. The predicted molar refractivity (Wildman–Crippen MR) is 77.2 cm³/mol. The molecule has 4 nitrogen and oxygen atoms in total. The molecule has 1 heterocycles. The molecule has 1 aliphatic rings. The fraction of sp³-hybridized carbons (Fsp3) is 0. The van der Waals surface area contributed by atoms with Crippen LogP contribution in [0.5, 0.6) is 0 Å². The highest BCUT2D eigenvalue weighted by atomic mass is 19.1. The minimum atomic E-state index is -0.545. The van der Waals surface area contributed by atoms with Gasteiger partial charge in [-0.15, -0.1) is 5.10 Å². The van der Waals surface area contributed by atoms with Crippen molar-refractivity contribution < 1.29 is 9.13 Å². The van der Waals surface area contributed by atoms with Gasteiger partial charge in [-0.1, -0.05) is 24.3 Å². The fourth-order valence-electron chi connectivity index (χ4n) is 2.17. The van der Waals surface area contributed by atoms with E-state index >= 15 is 0 Å². The average molecular weight is 279 g/mol. The van der Waals surface area contributed by atoms with Crippen LogP contribution >= 0.6 is 0 Å². The van der Waals surface area contributed by atoms with E-state index in [0.29, 0.717) is 17.2 Å². The average Bonchev–Trinajstić information content (AvgIpc) is 2.87. The molecular weight excluding hydrogens is 269 g/mol. The number of benzene rings is 2. The third-order valence-corrected chi connectivity index (χ3v) is 3.16. The largest absolute Gasteiger partial charge is 0.436 e. The predicted octanol–water partition coefficient (Wildman–Crippen LogP) is 2.85. The molecule has 1 aliphatic heterocycles. The molecule has 0 spiro atoms. The van der Waals surface area contributed by atoms with E-state index in [4.69, 9.17) is 15.8 Å². The Labute approximate surface area is 120 Å². The Hall–Kier alpha value is -3.13. The van der Waals surface area contributed by atoms with Gasteiger partial charge in [0.2, 0.25) is 5.90 Å². The van der Waals surface area contributed by atoms with Crippen molar-refractivity contribution in [3.8, 4) is 6.07 Å². The summed E-state index contributed by atoms with van der Waals surface area (Å²) in [6.45, 7) is 0. The molecule has 2 aromatic rings. The lowest BCUT2D eigenvalue weighted by Crippen LogP contribution is -2.00. The monoisotopic (exact) mass is 279 g/mol. The topological polar surface area (TPSA) is 71.4 Å². The highest BCUT2D eigenvalue weighted by molar-refractivity contribution is 6.08. The van der Waals surface area contributed by atoms with Crippen LogP contribution in [0.15, 0.2) is 47.6 Å². The summed E-state index contributed by atoms with van der Waals surface area (Å²) in [5.41, 5.74) is 2.30. The first kappa shape index (κ1) is 12.9. The smallest absolute Gasteiger partial charge is 0.243 e. The molecule has 2 aromatic carbocycles. The normalized spacial score (nSPS) is 16.6. The lowest BCUT2D eigenvalue weighted by Gasteiger charge is -2.01. The molecule has 0 bridgehead atoms. The molecule has 0 aliphatic carbocycles. The van der Waals surface area contributed by atoms with Gasteiger partial charge < -0.3 is 10.6 Å². The van der Waals surface area contributed by atoms with E-state index in [1.165, 1.54) is 12.1 Å². The summed E-state index contributed by atoms with van der Waals surface area (Å²) < 4.78 is 18.9. The van der Waals surface area contributed by atoms with E-state index < -0.39 is 5.82 Å². The number of rotatable bonds is 1. The molecule has 0 unspecified atom stereocenters. The van der Waals surface area contributed by atoms with Crippen molar-refractivity contribution in [2.45, 2.75) is 0 Å². The quantitative estimate of drug-likeness (QED) is 0.644. The van der Waals surface area contributed by atoms with Crippen LogP contribution in [-0.2, 0) is 4.74 Å². The van der Waals surface area contributed by atoms with Crippen molar-refractivity contribution in [2.75, 3.05) is 0 Å². The van der Waals surface area contributed by atoms with E-state index in [0.717, 1.165) is 11.1 Å². The maximum Gasteiger partial charge on any atom is 0.243 e. The Morgan fingerprint density at radius 1 is 1.19 bits per heavy atom. The van der Waals surface area contributed by atoms with Crippen molar-refractivity contribution in [3.63, 3.8) is 0 Å². The summed E-state index contributed by atoms with van der Waals surface area (Å²) in [6.07, 6.45) is 1.72. The van der Waals surface area contributed by atoms with Crippen LogP contribution in [-0.4, -0.2) is 5.90 Å². The molecule has 2 N–H and O–H groups in total. The summed E-state index contributed by atoms with van der Waals surface area (Å²) in [7, 11) is 0. The van der Waals surface area contributed by atoms with E-state index in [9.17, 15) is 4.39 Å². The van der Waals surface area contributed by atoms with E-state index in [-0.39, 0.29) is 5.56 Å². The summed E-state index contributed by atoms with van der Waals surface area (Å²) in [6, 6.07) is 13.6. The lowest BCUT2D eigenvalue weighted by molar-refractivity contribution is 0.525. The van der Waals surface area contributed by atoms with Crippen molar-refractivity contribution in [1.29, 1.82) is 5.26 Å². The van der Waals surface area contributed by atoms with Gasteiger partial charge in [-0.3, -0.25) is 0 Å². The van der Waals surface area contributed by atoms with Gasteiger partial charge >= 0.3 is 0 Å². The number of fused-ring (bicyclic) bond motifs is 1. The first-order chi connectivity index (χ1) is 10.2. The zero-order valence-corrected chi connectivity index (χ0v) is 10.9. The van der Waals surface area contributed by atoms with E-state index in [2.05, 4.69) is 5.10 Å². The van der Waals surface area contributed by atoms with E-state index in [1.807, 2.05) is 30.3 Å². The van der Waals surface area contributed by atoms with Gasteiger partial charge in [0.05, 0.1) is 5.56 Å². The molecule has 102 valence electrons. The maximum absolute atomic E-state index is 13.3. The number of ether oxygens (including phenoxy) is 1. The number of halogens is 1. The Kier molecular flexibility index (Phi) is 3.13. The van der Waals surface area contributed by atoms with Gasteiger partial charge in [0.1, 0.15) is 17.6 Å². The number of hydrogen-bond donors (Lipinski definition) is 1. The molecule has 0 saturated heterocycles. The minimum absolute atomic E-state index is 0.0108. The molecule has 0 saturated carbocycles. The zero-order valence-electron chi connectivity index (χ0n) is 10.9. The van der Waals surface area contributed by atoms with Crippen molar-refractivity contribution in [3.05, 3.63) is 70.5 Å². The molecule has 0 aromatic heterocycles. The fourth-order valence-corrected chi connectivity index (χ4v) is 2.17. The number of nitrogens with zero attached hydrogens (tertiary/aromatic N) is 2. The van der Waals surface area contributed by atoms with Crippen molar-refractivity contribution >= 4 is 17.7 Å². The Bertz CT molecular complexity index is 819. The van der Waals surface area contributed by atoms with Gasteiger partial charge in [0.25, 0.3) is 0 Å². The number of hydrazone groups is 1. The maximum atomic E-state index is 13.3. The second kappa shape index (κ2) is 5.10. The highest BCUT2D eigenvalue weighted by Crippen LogP contribution is 2.31. The van der Waals surface area contributed by atoms with Crippen molar-refractivity contribution in [1.82, 2.24) is 0 Å². The summed E-state index contributed by atoms with van der Waals surface area (Å²) in [5.74, 6) is 5.66. The van der Waals surface area contributed by atoms with Crippen LogP contribution in [0.1, 0.15) is 22.3 Å². The van der Waals surface area contributed by atoms with E-state index in [1.54, 1.807) is 12.1 Å². The molecular formula is C16H10FN3O. The van der Waals surface area contributed by atoms with Crippen LogP contribution in [0, 0.1) is 17.1 Å². The van der Waals surface area contributed by atoms with Crippen LogP contribution in [0.4, 0.5) is 4.39 Å². The SMILES string of the molecule is N#Cc1cc(C=C2O/C(=N/N)c3ccccc32)ccc1F. The third-order valence-electron chi connectivity index (χ3n) is 3.16. The Morgan fingerprint density at radius 2 is 1.95 bits per heavy atom. The highest BCUT2D eigenvalue weighted by Gasteiger charge is 2.24. The molecule has 0 atom stereocenters. The van der Waals surface area contributed by atoms with Crippen LogP contribution in [0.2, 0.25) is 0 Å². The lowest BCUT2D eigenvalue weighted by atomic mass is 10.1. The van der Waals surface area contributed by atoms with Gasteiger partial charge in [0, 0.05) is 11.1 Å². The van der Waals surface area contributed by atoms with Crippen molar-refractivity contribution in [2.24, 2.45) is 10.9 Å². The second-order valence-corrected chi connectivity index (χ2v) is 4.44. The molecule has 3 rings (SSSR count). The molecule has 0 radical (unpaired) electrons. The molecule has 0 fully saturated rings. The number of nitriles is 1. The first-order valence-electron chi connectivity index (χ1n) is 6.20. The molecule has 21 heavy (non-hydrogen) atoms. The summed E-state index contributed by atoms with van der Waals surface area (Å²) >= 11 is 0. The van der Waals surface area contributed by atoms with Crippen LogP contribution < -0.4 is 5.84 Å².